The summed E-state index contributed by atoms with van der Waals surface area (Å²) < 4.78 is 0. The van der Waals surface area contributed by atoms with Crippen molar-refractivity contribution in [3.05, 3.63) is 0 Å². The molecule has 4 fully saturated rings. The predicted molar refractivity (Wildman–Crippen MR) is 62.1 cm³/mol. The van der Waals surface area contributed by atoms with Crippen LogP contribution in [0.1, 0.15) is 25.7 Å². The first-order chi connectivity index (χ1) is 7.43. The van der Waals surface area contributed by atoms with Crippen LogP contribution in [0.3, 0.4) is 0 Å². The monoisotopic (exact) mass is 209 g/mol. The molecule has 4 saturated heterocycles. The normalized spacial score (nSPS) is 39.2. The van der Waals surface area contributed by atoms with Gasteiger partial charge in [0, 0.05) is 25.2 Å². The number of nitrogens with one attached hydrogen (secondary N) is 1. The number of fused-ring (bicyclic) bond motifs is 4. The third kappa shape index (κ3) is 2.05. The highest BCUT2D eigenvalue weighted by molar-refractivity contribution is 4.90. The Hall–Kier alpha value is -0.120. The van der Waals surface area contributed by atoms with E-state index in [1.54, 1.807) is 0 Å². The van der Waals surface area contributed by atoms with E-state index in [2.05, 4.69) is 15.1 Å². The molecule has 0 saturated carbocycles. The fraction of sp³-hybridized carbons (Fsp3) is 1.00. The van der Waals surface area contributed by atoms with E-state index in [0.717, 1.165) is 12.1 Å². The summed E-state index contributed by atoms with van der Waals surface area (Å²) in [7, 11) is 0. The van der Waals surface area contributed by atoms with Crippen molar-refractivity contribution in [1.29, 1.82) is 0 Å². The summed E-state index contributed by atoms with van der Waals surface area (Å²) in [6.07, 6.45) is 5.58. The third-order valence-corrected chi connectivity index (χ3v) is 4.48. The summed E-state index contributed by atoms with van der Waals surface area (Å²) in [5, 5.41) is 3.48. The Kier molecular flexibility index (Phi) is 2.95. The molecule has 0 amide bonds. The molecule has 3 nitrogen and oxygen atoms in total. The third-order valence-electron chi connectivity index (χ3n) is 4.48. The Morgan fingerprint density at radius 1 is 0.733 bits per heavy atom. The van der Waals surface area contributed by atoms with Crippen LogP contribution in [-0.2, 0) is 0 Å². The van der Waals surface area contributed by atoms with Crippen molar-refractivity contribution >= 4 is 0 Å². The first-order valence-corrected chi connectivity index (χ1v) is 6.62. The molecular weight excluding hydrogens is 186 g/mol. The molecule has 4 heterocycles. The second kappa shape index (κ2) is 4.40. The van der Waals surface area contributed by atoms with Crippen molar-refractivity contribution < 1.29 is 0 Å². The second-order valence-corrected chi connectivity index (χ2v) is 5.29. The molecule has 4 rings (SSSR count). The van der Waals surface area contributed by atoms with Gasteiger partial charge in [-0.2, -0.15) is 0 Å². The first kappa shape index (κ1) is 10.1. The molecule has 0 spiro atoms. The topological polar surface area (TPSA) is 18.5 Å². The molecule has 1 N–H and O–H groups in total. The van der Waals surface area contributed by atoms with Gasteiger partial charge < -0.3 is 10.2 Å². The van der Waals surface area contributed by atoms with Crippen LogP contribution in [0.5, 0.6) is 0 Å². The zero-order chi connectivity index (χ0) is 10.1. The van der Waals surface area contributed by atoms with Gasteiger partial charge in [0.2, 0.25) is 0 Å². The van der Waals surface area contributed by atoms with E-state index < -0.39 is 0 Å². The van der Waals surface area contributed by atoms with E-state index in [-0.39, 0.29) is 0 Å². The summed E-state index contributed by atoms with van der Waals surface area (Å²) in [6, 6.07) is 1.79. The fourth-order valence-electron chi connectivity index (χ4n) is 3.53. The van der Waals surface area contributed by atoms with Crippen LogP contribution >= 0.6 is 0 Å². The van der Waals surface area contributed by atoms with Gasteiger partial charge >= 0.3 is 0 Å². The molecule has 0 atom stereocenters. The van der Waals surface area contributed by atoms with Crippen molar-refractivity contribution in [2.45, 2.75) is 37.8 Å². The van der Waals surface area contributed by atoms with Crippen molar-refractivity contribution in [1.82, 2.24) is 15.1 Å². The number of hydrogen-bond donors (Lipinski definition) is 1. The predicted octanol–water partition coefficient (Wildman–Crippen LogP) is 0.518. The quantitative estimate of drug-likeness (QED) is 0.679. The Labute approximate surface area is 92.8 Å². The summed E-state index contributed by atoms with van der Waals surface area (Å²) in [4.78, 5) is 5.49. The first-order valence-electron chi connectivity index (χ1n) is 6.62. The van der Waals surface area contributed by atoms with Gasteiger partial charge in [0.05, 0.1) is 0 Å². The maximum Gasteiger partial charge on any atom is 0.0123 e. The number of nitrogens with zero attached hydrogens (tertiary/aromatic N) is 2. The van der Waals surface area contributed by atoms with Crippen LogP contribution in [-0.4, -0.2) is 61.2 Å². The van der Waals surface area contributed by atoms with Crippen molar-refractivity contribution in [3.63, 3.8) is 0 Å². The van der Waals surface area contributed by atoms with E-state index in [4.69, 9.17) is 0 Å². The van der Waals surface area contributed by atoms with Crippen molar-refractivity contribution in [3.8, 4) is 0 Å². The van der Waals surface area contributed by atoms with Gasteiger partial charge in [-0.25, -0.2) is 0 Å². The van der Waals surface area contributed by atoms with Crippen LogP contribution in [0.15, 0.2) is 0 Å². The smallest absolute Gasteiger partial charge is 0.0123 e. The lowest BCUT2D eigenvalue weighted by Gasteiger charge is -2.39. The molecule has 0 unspecified atom stereocenters. The summed E-state index contributed by atoms with van der Waals surface area (Å²) in [6.45, 7) is 7.82. The molecule has 0 aliphatic carbocycles. The Balaban J connectivity index is 1.68. The summed E-state index contributed by atoms with van der Waals surface area (Å²) >= 11 is 0. The largest absolute Gasteiger partial charge is 0.317 e. The standard InChI is InChI=1S/C12H23N3/c1-5-13-6-2-11(1)15-10-9-14-7-3-12(15)4-8-14/h11-13H,1-10H2. The SMILES string of the molecule is C1CC(N2CCN3CCC2CC3)CCN1. The van der Waals surface area contributed by atoms with Crippen LogP contribution in [0.25, 0.3) is 0 Å². The molecule has 0 aromatic carbocycles. The Bertz CT molecular complexity index is 205. The molecule has 0 aromatic heterocycles. The minimum Gasteiger partial charge on any atom is -0.317 e. The lowest BCUT2D eigenvalue weighted by Crippen LogP contribution is -2.48. The molecule has 4 aliphatic heterocycles. The van der Waals surface area contributed by atoms with Crippen LogP contribution in [0, 0.1) is 0 Å². The number of hydrogen-bond acceptors (Lipinski definition) is 3. The molecule has 2 bridgehead atoms. The van der Waals surface area contributed by atoms with Gasteiger partial charge in [0.15, 0.2) is 0 Å². The average molecular weight is 209 g/mol. The zero-order valence-electron chi connectivity index (χ0n) is 9.62. The minimum absolute atomic E-state index is 0.884. The van der Waals surface area contributed by atoms with E-state index in [1.807, 2.05) is 0 Å². The van der Waals surface area contributed by atoms with Gasteiger partial charge in [-0.05, 0) is 51.9 Å². The van der Waals surface area contributed by atoms with E-state index in [1.165, 1.54) is 65.0 Å². The van der Waals surface area contributed by atoms with Gasteiger partial charge in [-0.3, -0.25) is 4.90 Å². The summed E-state index contributed by atoms with van der Waals surface area (Å²) in [5.74, 6) is 0. The van der Waals surface area contributed by atoms with Crippen molar-refractivity contribution in [2.75, 3.05) is 39.3 Å². The van der Waals surface area contributed by atoms with E-state index in [0.29, 0.717) is 0 Å². The zero-order valence-corrected chi connectivity index (χ0v) is 9.62. The molecular formula is C12H23N3. The van der Waals surface area contributed by atoms with Gasteiger partial charge in [-0.1, -0.05) is 0 Å². The molecule has 86 valence electrons. The lowest BCUT2D eigenvalue weighted by atomic mass is 9.99. The maximum absolute atomic E-state index is 3.48. The molecule has 0 radical (unpaired) electrons. The minimum atomic E-state index is 0.884. The van der Waals surface area contributed by atoms with Crippen LogP contribution in [0.2, 0.25) is 0 Å². The maximum atomic E-state index is 3.48. The highest BCUT2D eigenvalue weighted by atomic mass is 15.3. The highest BCUT2D eigenvalue weighted by Gasteiger charge is 2.33. The van der Waals surface area contributed by atoms with Crippen LogP contribution < -0.4 is 5.32 Å². The Morgan fingerprint density at radius 3 is 2.13 bits per heavy atom. The Morgan fingerprint density at radius 2 is 1.40 bits per heavy atom. The second-order valence-electron chi connectivity index (χ2n) is 5.29. The van der Waals surface area contributed by atoms with Gasteiger partial charge in [-0.15, -0.1) is 0 Å². The van der Waals surface area contributed by atoms with E-state index >= 15 is 0 Å². The number of rotatable bonds is 1. The highest BCUT2D eigenvalue weighted by Crippen LogP contribution is 2.25. The molecule has 3 heteroatoms. The van der Waals surface area contributed by atoms with Gasteiger partial charge in [0.1, 0.15) is 0 Å². The number of piperidine rings is 2. The fourth-order valence-corrected chi connectivity index (χ4v) is 3.53. The summed E-state index contributed by atoms with van der Waals surface area (Å²) in [5.41, 5.74) is 0. The van der Waals surface area contributed by atoms with Crippen molar-refractivity contribution in [2.24, 2.45) is 0 Å². The van der Waals surface area contributed by atoms with E-state index in [9.17, 15) is 0 Å². The van der Waals surface area contributed by atoms with Gasteiger partial charge in [0.25, 0.3) is 0 Å². The molecule has 4 aliphatic rings. The lowest BCUT2D eigenvalue weighted by molar-refractivity contribution is 0.110. The van der Waals surface area contributed by atoms with Crippen LogP contribution in [0.4, 0.5) is 0 Å². The molecule has 15 heavy (non-hydrogen) atoms. The molecule has 0 aromatic rings. The average Bonchev–Trinajstić information content (AvgIpc) is 2.63.